The van der Waals surface area contributed by atoms with Gasteiger partial charge in [0.05, 0.1) is 8.07 Å². The Hall–Kier alpha value is -1.34. The Balaban J connectivity index is 2.33. The smallest absolute Gasteiger partial charge is 0.0675 e. The van der Waals surface area contributed by atoms with Crippen LogP contribution in [0, 0.1) is 0 Å². The molecule has 2 aromatic carbocycles. The average Bonchev–Trinajstić information content (AvgIpc) is 2.51. The van der Waals surface area contributed by atoms with Crippen molar-refractivity contribution in [3.05, 3.63) is 54.6 Å². The van der Waals surface area contributed by atoms with E-state index in [4.69, 9.17) is 0 Å². The highest BCUT2D eigenvalue weighted by atomic mass is 28.3. The maximum Gasteiger partial charge on any atom is 0.0859 e. The van der Waals surface area contributed by atoms with Crippen LogP contribution in [0.1, 0.15) is 20.8 Å². The van der Waals surface area contributed by atoms with Crippen molar-refractivity contribution in [3.8, 4) is 11.1 Å². The summed E-state index contributed by atoms with van der Waals surface area (Å²) in [5.74, 6) is 0. The standard InChI is InChI=1S/C18H24Si/c1-4-19(5-2,6-3)18-14-12-17(13-15-18)16-10-8-7-9-11-16/h7-15H,4-6H2,1-3H3. The van der Waals surface area contributed by atoms with Crippen molar-refractivity contribution in [3.63, 3.8) is 0 Å². The van der Waals surface area contributed by atoms with Gasteiger partial charge in [-0.05, 0) is 11.1 Å². The van der Waals surface area contributed by atoms with Crippen LogP contribution in [0.3, 0.4) is 0 Å². The van der Waals surface area contributed by atoms with Gasteiger partial charge in [-0.2, -0.15) is 0 Å². The molecule has 1 heteroatoms. The second-order valence-electron chi connectivity index (χ2n) is 5.28. The van der Waals surface area contributed by atoms with Crippen LogP contribution < -0.4 is 5.19 Å². The van der Waals surface area contributed by atoms with Gasteiger partial charge in [-0.15, -0.1) is 0 Å². The first kappa shape index (κ1) is 14.1. The summed E-state index contributed by atoms with van der Waals surface area (Å²) >= 11 is 0. The Morgan fingerprint density at radius 1 is 0.632 bits per heavy atom. The minimum absolute atomic E-state index is 1.22. The van der Waals surface area contributed by atoms with Gasteiger partial charge in [-0.25, -0.2) is 0 Å². The molecule has 0 aliphatic carbocycles. The second-order valence-corrected chi connectivity index (χ2v) is 10.5. The van der Waals surface area contributed by atoms with Crippen LogP contribution in [0.5, 0.6) is 0 Å². The monoisotopic (exact) mass is 268 g/mol. The fourth-order valence-electron chi connectivity index (χ4n) is 3.01. The molecule has 0 aromatic heterocycles. The van der Waals surface area contributed by atoms with E-state index in [0.29, 0.717) is 0 Å². The highest BCUT2D eigenvalue weighted by Crippen LogP contribution is 2.23. The predicted molar refractivity (Wildman–Crippen MR) is 88.7 cm³/mol. The largest absolute Gasteiger partial charge is 0.0859 e. The molecule has 0 radical (unpaired) electrons. The fraction of sp³-hybridized carbons (Fsp3) is 0.333. The molecular weight excluding hydrogens is 244 g/mol. The Labute approximate surface area is 118 Å². The van der Waals surface area contributed by atoms with Gasteiger partial charge in [-0.3, -0.25) is 0 Å². The van der Waals surface area contributed by atoms with Gasteiger partial charge < -0.3 is 0 Å². The Morgan fingerprint density at radius 2 is 1.11 bits per heavy atom. The fourth-order valence-corrected chi connectivity index (χ4v) is 6.61. The van der Waals surface area contributed by atoms with Crippen molar-refractivity contribution in [2.24, 2.45) is 0 Å². The van der Waals surface area contributed by atoms with E-state index >= 15 is 0 Å². The summed E-state index contributed by atoms with van der Waals surface area (Å²) in [5.41, 5.74) is 2.64. The lowest BCUT2D eigenvalue weighted by molar-refractivity contribution is 1.19. The van der Waals surface area contributed by atoms with Crippen molar-refractivity contribution in [2.45, 2.75) is 38.9 Å². The molecular formula is C18H24Si. The van der Waals surface area contributed by atoms with Crippen LogP contribution in [0.4, 0.5) is 0 Å². The molecule has 19 heavy (non-hydrogen) atoms. The number of benzene rings is 2. The topological polar surface area (TPSA) is 0 Å². The van der Waals surface area contributed by atoms with Gasteiger partial charge in [0.2, 0.25) is 0 Å². The highest BCUT2D eigenvalue weighted by molar-refractivity contribution is 6.91. The molecule has 0 nitrogen and oxygen atoms in total. The molecule has 100 valence electrons. The lowest BCUT2D eigenvalue weighted by Crippen LogP contribution is -2.45. The van der Waals surface area contributed by atoms with E-state index < -0.39 is 8.07 Å². The summed E-state index contributed by atoms with van der Waals surface area (Å²) in [5, 5.41) is 1.62. The van der Waals surface area contributed by atoms with Crippen LogP contribution in [0.25, 0.3) is 11.1 Å². The van der Waals surface area contributed by atoms with Crippen LogP contribution in [-0.4, -0.2) is 8.07 Å². The Kier molecular flexibility index (Phi) is 4.59. The number of rotatable bonds is 5. The zero-order chi connectivity index (χ0) is 13.7. The third kappa shape index (κ3) is 2.81. The average molecular weight is 268 g/mol. The Morgan fingerprint density at radius 3 is 1.58 bits per heavy atom. The minimum Gasteiger partial charge on any atom is -0.0675 e. The van der Waals surface area contributed by atoms with E-state index in [1.54, 1.807) is 5.19 Å². The van der Waals surface area contributed by atoms with Crippen molar-refractivity contribution >= 4 is 13.3 Å². The summed E-state index contributed by atoms with van der Waals surface area (Å²) in [6.45, 7) is 7.10. The Bertz CT molecular complexity index is 487. The SMILES string of the molecule is CC[Si](CC)(CC)c1ccc(-c2ccccc2)cc1. The van der Waals surface area contributed by atoms with Crippen molar-refractivity contribution in [1.82, 2.24) is 0 Å². The molecule has 0 amide bonds. The van der Waals surface area contributed by atoms with Gasteiger partial charge in [0.1, 0.15) is 0 Å². The van der Waals surface area contributed by atoms with Crippen molar-refractivity contribution in [2.75, 3.05) is 0 Å². The lowest BCUT2D eigenvalue weighted by Gasteiger charge is -2.28. The molecule has 0 saturated heterocycles. The zero-order valence-corrected chi connectivity index (χ0v) is 13.3. The summed E-state index contributed by atoms with van der Waals surface area (Å²) in [7, 11) is -1.22. The van der Waals surface area contributed by atoms with E-state index in [1.807, 2.05) is 0 Å². The molecule has 0 bridgehead atoms. The molecule has 2 rings (SSSR count). The van der Waals surface area contributed by atoms with E-state index in [2.05, 4.69) is 75.4 Å². The van der Waals surface area contributed by atoms with Gasteiger partial charge in [-0.1, -0.05) is 98.7 Å². The van der Waals surface area contributed by atoms with Gasteiger partial charge in [0.15, 0.2) is 0 Å². The first-order chi connectivity index (χ1) is 9.25. The normalized spacial score (nSPS) is 11.5. The van der Waals surface area contributed by atoms with Crippen LogP contribution in [0.15, 0.2) is 54.6 Å². The van der Waals surface area contributed by atoms with Gasteiger partial charge in [0.25, 0.3) is 0 Å². The van der Waals surface area contributed by atoms with Crippen LogP contribution in [-0.2, 0) is 0 Å². The summed E-state index contributed by atoms with van der Waals surface area (Å²) < 4.78 is 0. The van der Waals surface area contributed by atoms with Crippen LogP contribution >= 0.6 is 0 Å². The minimum atomic E-state index is -1.22. The molecule has 0 spiro atoms. The van der Waals surface area contributed by atoms with Crippen molar-refractivity contribution in [1.29, 1.82) is 0 Å². The summed E-state index contributed by atoms with van der Waals surface area (Å²) in [6, 6.07) is 24.1. The lowest BCUT2D eigenvalue weighted by atomic mass is 10.1. The molecule has 0 N–H and O–H groups in total. The molecule has 0 aliphatic heterocycles. The molecule has 0 heterocycles. The maximum atomic E-state index is 2.38. The highest BCUT2D eigenvalue weighted by Gasteiger charge is 2.28. The third-order valence-electron chi connectivity index (χ3n) is 4.63. The summed E-state index contributed by atoms with van der Waals surface area (Å²) in [4.78, 5) is 0. The second kappa shape index (κ2) is 6.20. The van der Waals surface area contributed by atoms with Gasteiger partial charge in [0, 0.05) is 0 Å². The first-order valence-corrected chi connectivity index (χ1v) is 10.0. The van der Waals surface area contributed by atoms with Crippen LogP contribution in [0.2, 0.25) is 18.1 Å². The zero-order valence-electron chi connectivity index (χ0n) is 12.3. The van der Waals surface area contributed by atoms with E-state index in [1.165, 1.54) is 29.3 Å². The number of hydrogen-bond donors (Lipinski definition) is 0. The first-order valence-electron chi connectivity index (χ1n) is 7.41. The number of hydrogen-bond acceptors (Lipinski definition) is 0. The maximum absolute atomic E-state index is 2.38. The molecule has 0 fully saturated rings. The van der Waals surface area contributed by atoms with Gasteiger partial charge >= 0.3 is 0 Å². The molecule has 0 aliphatic rings. The summed E-state index contributed by atoms with van der Waals surface area (Å²) in [6.07, 6.45) is 0. The molecule has 2 aromatic rings. The van der Waals surface area contributed by atoms with E-state index in [0.717, 1.165) is 0 Å². The third-order valence-corrected chi connectivity index (χ3v) is 10.3. The van der Waals surface area contributed by atoms with E-state index in [-0.39, 0.29) is 0 Å². The predicted octanol–water partition coefficient (Wildman–Crippen LogP) is 5.07. The van der Waals surface area contributed by atoms with E-state index in [9.17, 15) is 0 Å². The molecule has 0 saturated carbocycles. The van der Waals surface area contributed by atoms with Crippen molar-refractivity contribution < 1.29 is 0 Å². The molecule has 0 unspecified atom stereocenters. The molecule has 0 atom stereocenters. The quantitative estimate of drug-likeness (QED) is 0.664.